The van der Waals surface area contributed by atoms with E-state index in [0.29, 0.717) is 23.9 Å². The van der Waals surface area contributed by atoms with Crippen molar-refractivity contribution in [2.24, 2.45) is 0 Å². The zero-order chi connectivity index (χ0) is 57.9. The van der Waals surface area contributed by atoms with Crippen LogP contribution in [0, 0.1) is 0 Å². The topological polar surface area (TPSA) is 114 Å². The molecule has 0 saturated heterocycles. The molecule has 0 aromatic heterocycles. The third-order valence-electron chi connectivity index (χ3n) is 13.1. The van der Waals surface area contributed by atoms with Crippen molar-refractivity contribution in [1.29, 1.82) is 0 Å². The van der Waals surface area contributed by atoms with Gasteiger partial charge in [0.1, 0.15) is 19.3 Å². The molecule has 0 heterocycles. The smallest absolute Gasteiger partial charge is 0.306 e. The number of phosphoric ester groups is 1. The lowest BCUT2D eigenvalue weighted by Crippen LogP contribution is -2.47. The number of nitrogens with one attached hydrogen (secondary N) is 1. The van der Waals surface area contributed by atoms with Crippen molar-refractivity contribution < 1.29 is 37.3 Å². The number of nitrogens with zero attached hydrogens (tertiary/aromatic N) is 1. The first-order valence-electron chi connectivity index (χ1n) is 31.5. The summed E-state index contributed by atoms with van der Waals surface area (Å²) in [4.78, 5) is 40.0. The van der Waals surface area contributed by atoms with Gasteiger partial charge in [0.05, 0.1) is 33.8 Å². The van der Waals surface area contributed by atoms with Gasteiger partial charge in [-0.25, -0.2) is 0 Å². The van der Waals surface area contributed by atoms with E-state index in [9.17, 15) is 19.0 Å². The summed E-state index contributed by atoms with van der Waals surface area (Å²) in [7, 11) is 1.12. The third kappa shape index (κ3) is 58.6. The number of carbonyl (C=O) groups excluding carboxylic acids is 2. The molecular formula is C69H117N2O7P. The predicted molar refractivity (Wildman–Crippen MR) is 339 cm³/mol. The number of hydrogen-bond donors (Lipinski definition) is 1. The van der Waals surface area contributed by atoms with E-state index < -0.39 is 26.6 Å². The Kier molecular flexibility index (Phi) is 54.6. The Bertz CT molecular complexity index is 1810. The molecule has 3 atom stereocenters. The zero-order valence-corrected chi connectivity index (χ0v) is 52.2. The van der Waals surface area contributed by atoms with Crippen LogP contribution in [0.2, 0.25) is 0 Å². The largest absolute Gasteiger partial charge is 0.756 e. The maximum atomic E-state index is 13.5. The highest BCUT2D eigenvalue weighted by Gasteiger charge is 2.27. The summed E-state index contributed by atoms with van der Waals surface area (Å²) in [5.41, 5.74) is 0. The lowest BCUT2D eigenvalue weighted by Gasteiger charge is -2.30. The van der Waals surface area contributed by atoms with Gasteiger partial charge in [0.2, 0.25) is 5.91 Å². The Morgan fingerprint density at radius 3 is 1.24 bits per heavy atom. The van der Waals surface area contributed by atoms with Gasteiger partial charge in [0.25, 0.3) is 7.82 Å². The molecule has 9 nitrogen and oxygen atoms in total. The van der Waals surface area contributed by atoms with Gasteiger partial charge < -0.3 is 28.5 Å². The summed E-state index contributed by atoms with van der Waals surface area (Å²) < 4.78 is 30.3. The van der Waals surface area contributed by atoms with Gasteiger partial charge in [0.15, 0.2) is 0 Å². The van der Waals surface area contributed by atoms with Crippen LogP contribution in [0.3, 0.4) is 0 Å². The number of hydrogen-bond acceptors (Lipinski definition) is 7. The van der Waals surface area contributed by atoms with Crippen LogP contribution in [-0.4, -0.2) is 69.4 Å². The summed E-state index contributed by atoms with van der Waals surface area (Å²) >= 11 is 0. The molecule has 79 heavy (non-hydrogen) atoms. The Balaban J connectivity index is 5.36. The molecule has 0 aromatic carbocycles. The molecule has 0 aliphatic heterocycles. The molecule has 0 fully saturated rings. The van der Waals surface area contributed by atoms with E-state index in [1.165, 1.54) is 77.0 Å². The van der Waals surface area contributed by atoms with Crippen molar-refractivity contribution in [1.82, 2.24) is 5.32 Å². The highest BCUT2D eigenvalue weighted by Crippen LogP contribution is 2.38. The second-order valence-electron chi connectivity index (χ2n) is 21.8. The number of esters is 1. The minimum Gasteiger partial charge on any atom is -0.756 e. The van der Waals surface area contributed by atoms with E-state index in [2.05, 4.69) is 148 Å². The first-order chi connectivity index (χ1) is 38.4. The molecule has 450 valence electrons. The molecule has 0 aliphatic carbocycles. The fraction of sp³-hybridized carbons (Fsp3) is 0.652. The predicted octanol–water partition coefficient (Wildman–Crippen LogP) is 19.0. The minimum absolute atomic E-state index is 0.0422. The molecule has 0 aliphatic rings. The van der Waals surface area contributed by atoms with Crippen LogP contribution >= 0.6 is 7.82 Å². The van der Waals surface area contributed by atoms with Gasteiger partial charge in [0, 0.05) is 12.8 Å². The van der Waals surface area contributed by atoms with Gasteiger partial charge in [-0.05, 0) is 115 Å². The van der Waals surface area contributed by atoms with Crippen LogP contribution in [-0.2, 0) is 27.9 Å². The molecule has 0 bridgehead atoms. The summed E-state index contributed by atoms with van der Waals surface area (Å²) in [6, 6.07) is -0.933. The first-order valence-corrected chi connectivity index (χ1v) is 33.0. The molecule has 1 amide bonds. The van der Waals surface area contributed by atoms with Crippen molar-refractivity contribution in [3.05, 3.63) is 134 Å². The van der Waals surface area contributed by atoms with Crippen LogP contribution in [0.25, 0.3) is 0 Å². The fourth-order valence-corrected chi connectivity index (χ4v) is 9.01. The molecule has 3 unspecified atom stereocenters. The van der Waals surface area contributed by atoms with Crippen LogP contribution in [0.4, 0.5) is 0 Å². The minimum atomic E-state index is -4.73. The Labute approximate surface area is 485 Å². The van der Waals surface area contributed by atoms with Gasteiger partial charge in [-0.2, -0.15) is 0 Å². The number of unbranched alkanes of at least 4 members (excludes halogenated alkanes) is 19. The van der Waals surface area contributed by atoms with Crippen LogP contribution in [0.15, 0.2) is 134 Å². The number of allylic oxidation sites excluding steroid dienone is 21. The summed E-state index contributed by atoms with van der Waals surface area (Å²) in [6.07, 6.45) is 81.4. The summed E-state index contributed by atoms with van der Waals surface area (Å²) in [5.74, 6) is -0.631. The number of likely N-dealkylation sites (N-methyl/N-ethyl adjacent to an activating group) is 1. The maximum absolute atomic E-state index is 13.5. The van der Waals surface area contributed by atoms with E-state index in [1.807, 2.05) is 33.3 Å². The number of phosphoric acid groups is 1. The SMILES string of the molecule is CC/C=C\C/C=C\C/C=C\C/C=C\C/C=C\CCCCCCCCCC(=O)OC(/C=C\CCCCCCCCCCCCC)C(COP(=O)([O-])OCC[N+](C)(C)C)NC(=O)CCC/C=C\C/C=C\C/C=C\C/C=C\C/C=C\CC. The fourth-order valence-electron chi connectivity index (χ4n) is 8.29. The van der Waals surface area contributed by atoms with E-state index in [0.717, 1.165) is 116 Å². The van der Waals surface area contributed by atoms with Crippen LogP contribution < -0.4 is 10.2 Å². The lowest BCUT2D eigenvalue weighted by atomic mass is 10.0. The van der Waals surface area contributed by atoms with Crippen LogP contribution in [0.1, 0.15) is 239 Å². The maximum Gasteiger partial charge on any atom is 0.306 e. The summed E-state index contributed by atoms with van der Waals surface area (Å²) in [6.45, 7) is 6.55. The zero-order valence-electron chi connectivity index (χ0n) is 51.3. The second-order valence-corrected chi connectivity index (χ2v) is 23.2. The average molecular weight is 1120 g/mol. The highest BCUT2D eigenvalue weighted by atomic mass is 31.2. The van der Waals surface area contributed by atoms with Crippen molar-refractivity contribution >= 4 is 19.7 Å². The second kappa shape index (κ2) is 57.4. The van der Waals surface area contributed by atoms with E-state index in [-0.39, 0.29) is 31.3 Å². The lowest BCUT2D eigenvalue weighted by molar-refractivity contribution is -0.870. The number of rotatable bonds is 55. The highest BCUT2D eigenvalue weighted by molar-refractivity contribution is 7.45. The molecule has 10 heteroatoms. The third-order valence-corrected chi connectivity index (χ3v) is 14.0. The van der Waals surface area contributed by atoms with Gasteiger partial charge in [-0.3, -0.25) is 14.2 Å². The van der Waals surface area contributed by atoms with Gasteiger partial charge in [-0.15, -0.1) is 0 Å². The molecule has 0 aromatic rings. The first kappa shape index (κ1) is 75.2. The molecule has 0 saturated carbocycles. The van der Waals surface area contributed by atoms with Crippen molar-refractivity contribution in [3.8, 4) is 0 Å². The molecule has 0 spiro atoms. The molecule has 0 rings (SSSR count). The molecular weight excluding hydrogens is 1000 g/mol. The quantitative estimate of drug-likeness (QED) is 0.0212. The van der Waals surface area contributed by atoms with Crippen molar-refractivity contribution in [2.45, 2.75) is 251 Å². The van der Waals surface area contributed by atoms with E-state index >= 15 is 0 Å². The molecule has 0 radical (unpaired) electrons. The van der Waals surface area contributed by atoms with Gasteiger partial charge >= 0.3 is 5.97 Å². The van der Waals surface area contributed by atoms with Gasteiger partial charge in [-0.1, -0.05) is 245 Å². The Hall–Kier alpha value is -3.85. The molecule has 1 N–H and O–H groups in total. The summed E-state index contributed by atoms with van der Waals surface area (Å²) in [5, 5.41) is 2.99. The normalized spacial score (nSPS) is 14.6. The van der Waals surface area contributed by atoms with E-state index in [4.69, 9.17) is 13.8 Å². The number of quaternary nitrogens is 1. The number of carbonyl (C=O) groups is 2. The number of amides is 1. The average Bonchev–Trinajstić information content (AvgIpc) is 3.41. The standard InChI is InChI=1S/C69H117N2O7P/c1-7-10-13-16-19-22-25-28-30-32-33-34-35-36-37-39-41-44-47-50-53-56-59-62-69(73)78-67(60-57-54-51-48-45-42-27-24-21-18-15-12-9-3)66(65-77-79(74,75)76-64-63-71(4,5)6)70-68(72)61-58-55-52-49-46-43-40-38-31-29-26-23-20-17-14-11-8-2/h10-11,13-14,19-20,22-23,28-31,33-34,36-37,40,43,49,52,57,60,66-67H,7-9,12,15-18,21,24-27,32,35,38-39,41-42,44-48,50-51,53-56,58-59,61-65H2,1-6H3,(H-,70,72,74,75)/b13-10-,14-11-,22-19-,23-20-,30-28-,31-29-,34-33-,37-36-,43-40-,52-49-,60-57-. The monoisotopic (exact) mass is 1120 g/mol. The van der Waals surface area contributed by atoms with Crippen LogP contribution in [0.5, 0.6) is 0 Å². The Morgan fingerprint density at radius 2 is 0.823 bits per heavy atom. The number of ether oxygens (including phenoxy) is 1. The van der Waals surface area contributed by atoms with Crippen molar-refractivity contribution in [2.75, 3.05) is 40.9 Å². The van der Waals surface area contributed by atoms with E-state index in [1.54, 1.807) is 0 Å². The van der Waals surface area contributed by atoms with Crippen molar-refractivity contribution in [3.63, 3.8) is 0 Å². The Morgan fingerprint density at radius 1 is 0.456 bits per heavy atom.